The highest BCUT2D eigenvalue weighted by atomic mass is 16.5. The van der Waals surface area contributed by atoms with Gasteiger partial charge in [-0.15, -0.1) is 0 Å². The van der Waals surface area contributed by atoms with E-state index in [9.17, 15) is 0 Å². The van der Waals surface area contributed by atoms with Crippen LogP contribution >= 0.6 is 0 Å². The van der Waals surface area contributed by atoms with E-state index in [1.54, 1.807) is 0 Å². The van der Waals surface area contributed by atoms with E-state index < -0.39 is 0 Å². The van der Waals surface area contributed by atoms with Gasteiger partial charge in [0.1, 0.15) is 0 Å². The summed E-state index contributed by atoms with van der Waals surface area (Å²) >= 11 is 0. The van der Waals surface area contributed by atoms with Gasteiger partial charge in [-0.25, -0.2) is 0 Å². The van der Waals surface area contributed by atoms with Crippen LogP contribution in [0, 0.1) is 35.0 Å². The second kappa shape index (κ2) is 8.35. The zero-order chi connectivity index (χ0) is 14.2. The van der Waals surface area contributed by atoms with E-state index in [1.165, 1.54) is 38.5 Å². The van der Waals surface area contributed by atoms with E-state index in [0.29, 0.717) is 5.92 Å². The highest BCUT2D eigenvalue weighted by Crippen LogP contribution is 2.41. The van der Waals surface area contributed by atoms with E-state index >= 15 is 0 Å². The molecule has 2 aliphatic carbocycles. The topological polar surface area (TPSA) is 33.0 Å². The molecule has 0 N–H and O–H groups in total. The number of ether oxygens (including phenoxy) is 1. The van der Waals surface area contributed by atoms with E-state index in [-0.39, 0.29) is 0 Å². The van der Waals surface area contributed by atoms with Gasteiger partial charge in [-0.05, 0) is 75.5 Å². The van der Waals surface area contributed by atoms with Crippen LogP contribution in [0.4, 0.5) is 0 Å². The fraction of sp³-hybridized carbons (Fsp3) is 0.833. The molecule has 2 fully saturated rings. The summed E-state index contributed by atoms with van der Waals surface area (Å²) in [5.74, 6) is 2.95. The molecule has 2 heteroatoms. The van der Waals surface area contributed by atoms with Crippen LogP contribution in [0.25, 0.3) is 0 Å². The summed E-state index contributed by atoms with van der Waals surface area (Å²) in [5.41, 5.74) is 0. The first-order valence-corrected chi connectivity index (χ1v) is 8.49. The first-order chi connectivity index (χ1) is 9.83. The average molecular weight is 275 g/mol. The lowest BCUT2D eigenvalue weighted by molar-refractivity contribution is 0.113. The van der Waals surface area contributed by atoms with Crippen molar-refractivity contribution >= 4 is 0 Å². The lowest BCUT2D eigenvalue weighted by Crippen LogP contribution is -2.26. The minimum atomic E-state index is 0.348. The van der Waals surface area contributed by atoms with Gasteiger partial charge in [0, 0.05) is 5.92 Å². The second-order valence-electron chi connectivity index (χ2n) is 6.63. The lowest BCUT2D eigenvalue weighted by atomic mass is 9.69. The van der Waals surface area contributed by atoms with Gasteiger partial charge in [0.15, 0.2) is 0 Å². The summed E-state index contributed by atoms with van der Waals surface area (Å²) in [4.78, 5) is 0. The van der Waals surface area contributed by atoms with Crippen molar-refractivity contribution in [2.45, 2.75) is 64.7 Å². The van der Waals surface area contributed by atoms with Crippen LogP contribution in [-0.4, -0.2) is 6.61 Å². The number of nitriles is 1. The maximum absolute atomic E-state index is 8.97. The molecular formula is C18H29NO. The molecule has 2 rings (SSSR count). The second-order valence-corrected chi connectivity index (χ2v) is 6.63. The molecule has 0 radical (unpaired) electrons. The van der Waals surface area contributed by atoms with Crippen LogP contribution in [0.5, 0.6) is 0 Å². The predicted octanol–water partition coefficient (Wildman–Crippen LogP) is 5.06. The van der Waals surface area contributed by atoms with Gasteiger partial charge in [0.25, 0.3) is 0 Å². The molecule has 0 atom stereocenters. The molecule has 20 heavy (non-hydrogen) atoms. The normalized spacial score (nSPS) is 34.8. The number of hydrogen-bond donors (Lipinski definition) is 0. The Morgan fingerprint density at radius 1 is 1.00 bits per heavy atom. The van der Waals surface area contributed by atoms with Gasteiger partial charge in [0.05, 0.1) is 18.9 Å². The Morgan fingerprint density at radius 3 is 2.15 bits per heavy atom. The summed E-state index contributed by atoms with van der Waals surface area (Å²) in [5, 5.41) is 8.97. The van der Waals surface area contributed by atoms with Crippen molar-refractivity contribution in [1.82, 2.24) is 0 Å². The fourth-order valence-corrected chi connectivity index (χ4v) is 3.90. The smallest absolute Gasteiger partial charge is 0.0901 e. The third-order valence-electron chi connectivity index (χ3n) is 5.27. The summed E-state index contributed by atoms with van der Waals surface area (Å²) in [7, 11) is 0. The molecule has 0 amide bonds. The van der Waals surface area contributed by atoms with Crippen LogP contribution in [0.2, 0.25) is 0 Å². The highest BCUT2D eigenvalue weighted by Gasteiger charge is 2.30. The van der Waals surface area contributed by atoms with Crippen molar-refractivity contribution < 1.29 is 4.74 Å². The van der Waals surface area contributed by atoms with Gasteiger partial charge in [0.2, 0.25) is 0 Å². The largest absolute Gasteiger partial charge is 0.501 e. The molecule has 0 saturated heterocycles. The predicted molar refractivity (Wildman–Crippen MR) is 81.9 cm³/mol. The van der Waals surface area contributed by atoms with E-state index in [1.807, 2.05) is 6.26 Å². The Labute approximate surface area is 124 Å². The fourth-order valence-electron chi connectivity index (χ4n) is 3.90. The highest BCUT2D eigenvalue weighted by molar-refractivity contribution is 4.89. The van der Waals surface area contributed by atoms with Crippen molar-refractivity contribution in [3.05, 3.63) is 12.3 Å². The standard InChI is InChI=1S/C18H29NO/c1-2-3-12-20-14-16-6-10-18(11-7-16)17-8-4-15(13-19)5-9-17/h3,12,15-18H,2,4-11,14H2,1H3/b12-3-/t15-,16?,17-,18?. The van der Waals surface area contributed by atoms with Crippen LogP contribution < -0.4 is 0 Å². The molecule has 112 valence electrons. The molecule has 2 nitrogen and oxygen atoms in total. The first-order valence-electron chi connectivity index (χ1n) is 8.49. The Kier molecular flexibility index (Phi) is 6.43. The molecule has 0 heterocycles. The van der Waals surface area contributed by atoms with Gasteiger partial charge in [-0.1, -0.05) is 13.0 Å². The molecule has 0 bridgehead atoms. The van der Waals surface area contributed by atoms with Crippen LogP contribution in [-0.2, 0) is 4.74 Å². The molecule has 2 aliphatic rings. The Bertz CT molecular complexity index is 328. The van der Waals surface area contributed by atoms with E-state index in [4.69, 9.17) is 10.00 Å². The van der Waals surface area contributed by atoms with Crippen LogP contribution in [0.3, 0.4) is 0 Å². The number of nitrogens with zero attached hydrogens (tertiary/aromatic N) is 1. The van der Waals surface area contributed by atoms with Crippen LogP contribution in [0.1, 0.15) is 64.7 Å². The Balaban J connectivity index is 1.64. The van der Waals surface area contributed by atoms with Crippen molar-refractivity contribution in [2.24, 2.45) is 23.7 Å². The SMILES string of the molecule is CC/C=C\OCC1CCC([C@H]2CC[C@H](C#N)CC2)CC1. The van der Waals surface area contributed by atoms with Crippen molar-refractivity contribution in [1.29, 1.82) is 5.26 Å². The molecular weight excluding hydrogens is 246 g/mol. The quantitative estimate of drug-likeness (QED) is 0.657. The zero-order valence-corrected chi connectivity index (χ0v) is 12.9. The van der Waals surface area contributed by atoms with Crippen molar-refractivity contribution in [3.8, 4) is 6.07 Å². The third kappa shape index (κ3) is 4.54. The summed E-state index contributed by atoms with van der Waals surface area (Å²) in [6.45, 7) is 3.04. The average Bonchev–Trinajstić information content (AvgIpc) is 2.52. The molecule has 0 aromatic heterocycles. The van der Waals surface area contributed by atoms with Crippen molar-refractivity contribution in [3.63, 3.8) is 0 Å². The van der Waals surface area contributed by atoms with E-state index in [2.05, 4.69) is 19.1 Å². The van der Waals surface area contributed by atoms with E-state index in [0.717, 1.165) is 43.6 Å². The molecule has 0 aromatic carbocycles. The van der Waals surface area contributed by atoms with Gasteiger partial charge in [-0.3, -0.25) is 0 Å². The monoisotopic (exact) mass is 275 g/mol. The number of rotatable bonds is 5. The maximum Gasteiger partial charge on any atom is 0.0901 e. The minimum Gasteiger partial charge on any atom is -0.501 e. The molecule has 0 aromatic rings. The minimum absolute atomic E-state index is 0.348. The number of allylic oxidation sites excluding steroid dienone is 1. The number of hydrogen-bond acceptors (Lipinski definition) is 2. The molecule has 0 aliphatic heterocycles. The Morgan fingerprint density at radius 2 is 1.60 bits per heavy atom. The molecule has 0 spiro atoms. The van der Waals surface area contributed by atoms with Gasteiger partial charge >= 0.3 is 0 Å². The zero-order valence-electron chi connectivity index (χ0n) is 12.9. The van der Waals surface area contributed by atoms with Crippen LogP contribution in [0.15, 0.2) is 12.3 Å². The van der Waals surface area contributed by atoms with Gasteiger partial charge in [-0.2, -0.15) is 5.26 Å². The molecule has 2 saturated carbocycles. The first kappa shape index (κ1) is 15.4. The third-order valence-corrected chi connectivity index (χ3v) is 5.27. The Hall–Kier alpha value is -0.970. The lowest BCUT2D eigenvalue weighted by Gasteiger charge is -2.36. The van der Waals surface area contributed by atoms with Crippen molar-refractivity contribution in [2.75, 3.05) is 6.61 Å². The molecule has 0 unspecified atom stereocenters. The summed E-state index contributed by atoms with van der Waals surface area (Å²) in [6.07, 6.45) is 15.3. The summed E-state index contributed by atoms with van der Waals surface area (Å²) in [6, 6.07) is 2.44. The summed E-state index contributed by atoms with van der Waals surface area (Å²) < 4.78 is 5.61. The maximum atomic E-state index is 8.97. The van der Waals surface area contributed by atoms with Gasteiger partial charge < -0.3 is 4.74 Å².